The van der Waals surface area contributed by atoms with Crippen molar-refractivity contribution in [3.8, 4) is 0 Å². The first kappa shape index (κ1) is 24.6. The van der Waals surface area contributed by atoms with E-state index < -0.39 is 7.14 Å². The van der Waals surface area contributed by atoms with Crippen LogP contribution in [-0.2, 0) is 12.3 Å². The van der Waals surface area contributed by atoms with Crippen molar-refractivity contribution in [1.29, 1.82) is 0 Å². The number of pyridine rings is 2. The highest BCUT2D eigenvalue weighted by Gasteiger charge is 2.39. The average Bonchev–Trinajstić information content (AvgIpc) is 2.70. The van der Waals surface area contributed by atoms with Gasteiger partial charge in [0.25, 0.3) is 0 Å². The number of fused-ring (bicyclic) bond motifs is 3. The lowest BCUT2D eigenvalue weighted by molar-refractivity contribution is 0.980. The van der Waals surface area contributed by atoms with Crippen LogP contribution < -0.4 is 0 Å². The van der Waals surface area contributed by atoms with Crippen molar-refractivity contribution in [2.24, 2.45) is 0 Å². The Hall–Kier alpha value is -1.04. The molecule has 0 spiro atoms. The van der Waals surface area contributed by atoms with Gasteiger partial charge in [0.1, 0.15) is 0 Å². The highest BCUT2D eigenvalue weighted by Crippen LogP contribution is 2.64. The molecule has 0 saturated heterocycles. The SMILES string of the molecule is [B][P+](Cc1ccc2ccc3ccc(CP(C(C)C)C(C)C)nc3c2n1)(C(C)C)C(C)C. The topological polar surface area (TPSA) is 25.8 Å². The molecule has 1 aromatic carbocycles. The Balaban J connectivity index is 2.06. The molecule has 3 rings (SSSR count). The zero-order valence-corrected chi connectivity index (χ0v) is 22.3. The Bertz CT molecular complexity index is 1030. The summed E-state index contributed by atoms with van der Waals surface area (Å²) in [5.74, 6) is 0. The maximum atomic E-state index is 6.97. The van der Waals surface area contributed by atoms with E-state index in [1.807, 2.05) is 0 Å². The lowest BCUT2D eigenvalue weighted by atomic mass is 10.1. The minimum absolute atomic E-state index is 0.0880. The Morgan fingerprint density at radius 1 is 0.710 bits per heavy atom. The molecule has 0 aliphatic carbocycles. The summed E-state index contributed by atoms with van der Waals surface area (Å²) in [5, 5.41) is 2.33. The molecule has 2 nitrogen and oxygen atoms in total. The smallest absolute Gasteiger partial charge is 0.250 e. The zero-order chi connectivity index (χ0) is 22.9. The quantitative estimate of drug-likeness (QED) is 0.197. The van der Waals surface area contributed by atoms with Crippen LogP contribution in [0, 0.1) is 0 Å². The van der Waals surface area contributed by atoms with E-state index in [9.17, 15) is 0 Å². The molecule has 2 radical (unpaired) electrons. The van der Waals surface area contributed by atoms with Gasteiger partial charge in [0.2, 0.25) is 0 Å². The Morgan fingerprint density at radius 3 is 1.58 bits per heavy atom. The van der Waals surface area contributed by atoms with Gasteiger partial charge >= 0.3 is 7.57 Å². The van der Waals surface area contributed by atoms with Crippen molar-refractivity contribution in [1.82, 2.24) is 9.97 Å². The largest absolute Gasteiger partial charge is 0.366 e. The number of hydrogen-bond acceptors (Lipinski definition) is 2. The van der Waals surface area contributed by atoms with E-state index in [0.717, 1.165) is 34.4 Å². The van der Waals surface area contributed by atoms with Crippen LogP contribution in [-0.4, -0.2) is 40.2 Å². The van der Waals surface area contributed by atoms with Crippen molar-refractivity contribution in [3.63, 3.8) is 0 Å². The first-order valence-electron chi connectivity index (χ1n) is 11.6. The average molecular weight is 451 g/mol. The molecule has 164 valence electrons. The number of nitrogens with zero attached hydrogens (tertiary/aromatic N) is 2. The molecule has 0 bridgehead atoms. The molecule has 2 aromatic heterocycles. The maximum absolute atomic E-state index is 6.97. The van der Waals surface area contributed by atoms with E-state index in [1.165, 1.54) is 11.1 Å². The van der Waals surface area contributed by atoms with Crippen LogP contribution in [0.3, 0.4) is 0 Å². The van der Waals surface area contributed by atoms with Crippen molar-refractivity contribution < 1.29 is 0 Å². The van der Waals surface area contributed by atoms with Gasteiger partial charge in [-0.25, -0.2) is 4.98 Å². The zero-order valence-electron chi connectivity index (χ0n) is 20.6. The molecular weight excluding hydrogens is 413 g/mol. The van der Waals surface area contributed by atoms with Crippen molar-refractivity contribution >= 4 is 44.4 Å². The second kappa shape index (κ2) is 9.85. The fourth-order valence-corrected chi connectivity index (χ4v) is 9.55. The first-order chi connectivity index (χ1) is 14.5. The molecule has 0 aliphatic rings. The molecule has 31 heavy (non-hydrogen) atoms. The number of hydrogen-bond donors (Lipinski definition) is 0. The second-order valence-corrected chi connectivity index (χ2v) is 17.8. The third-order valence-corrected chi connectivity index (χ3v) is 14.7. The molecule has 0 fully saturated rings. The Kier molecular flexibility index (Phi) is 7.81. The van der Waals surface area contributed by atoms with E-state index in [4.69, 9.17) is 17.5 Å². The van der Waals surface area contributed by atoms with Gasteiger partial charge in [0, 0.05) is 33.9 Å². The van der Waals surface area contributed by atoms with Crippen molar-refractivity contribution in [2.45, 2.75) is 90.3 Å². The number of aromatic nitrogens is 2. The van der Waals surface area contributed by atoms with E-state index in [1.54, 1.807) is 0 Å². The summed E-state index contributed by atoms with van der Waals surface area (Å²) in [7, 11) is 5.27. The third kappa shape index (κ3) is 5.31. The molecule has 0 unspecified atom stereocenters. The molecule has 0 aliphatic heterocycles. The highest BCUT2D eigenvalue weighted by molar-refractivity contribution is 7.97. The van der Waals surface area contributed by atoms with Gasteiger partial charge in [-0.2, -0.15) is 0 Å². The molecule has 5 heteroatoms. The summed E-state index contributed by atoms with van der Waals surface area (Å²) < 4.78 is 0. The minimum Gasteiger partial charge on any atom is -0.250 e. The van der Waals surface area contributed by atoms with Gasteiger partial charge in [0.05, 0.1) is 22.9 Å². The summed E-state index contributed by atoms with van der Waals surface area (Å²) >= 11 is 0. The molecule has 2 heterocycles. The monoisotopic (exact) mass is 451 g/mol. The molecule has 0 atom stereocenters. The van der Waals surface area contributed by atoms with Crippen LogP contribution in [0.1, 0.15) is 66.8 Å². The van der Waals surface area contributed by atoms with Gasteiger partial charge in [0.15, 0.2) is 0 Å². The van der Waals surface area contributed by atoms with Crippen LogP contribution in [0.25, 0.3) is 21.8 Å². The standard InChI is InChI=1S/C26H38BN2P2/c1-17(2)30(18(3)4)15-23-13-11-21-9-10-22-12-14-24(29-26(22)25(21)28-23)16-31(27,19(5)6)20(7)8/h9-14,17-20H,15-16H2,1-8H3/q+1. The summed E-state index contributed by atoms with van der Waals surface area (Å²) in [6.07, 6.45) is 1.97. The van der Waals surface area contributed by atoms with Gasteiger partial charge in [-0.05, 0) is 58.3 Å². The van der Waals surface area contributed by atoms with E-state index >= 15 is 0 Å². The molecule has 0 N–H and O–H groups in total. The number of benzene rings is 1. The van der Waals surface area contributed by atoms with Crippen LogP contribution >= 0.6 is 15.1 Å². The first-order valence-corrected chi connectivity index (χ1v) is 15.5. The summed E-state index contributed by atoms with van der Waals surface area (Å²) in [6, 6.07) is 13.1. The van der Waals surface area contributed by atoms with E-state index in [0.29, 0.717) is 22.6 Å². The van der Waals surface area contributed by atoms with Crippen LogP contribution in [0.2, 0.25) is 0 Å². The lowest BCUT2D eigenvalue weighted by Crippen LogP contribution is -2.18. The van der Waals surface area contributed by atoms with Gasteiger partial charge in [-0.1, -0.05) is 59.9 Å². The fraction of sp³-hybridized carbons (Fsp3) is 0.538. The number of rotatable bonds is 8. The van der Waals surface area contributed by atoms with Crippen LogP contribution in [0.5, 0.6) is 0 Å². The summed E-state index contributed by atoms with van der Waals surface area (Å²) in [5.41, 5.74) is 6.77. The summed E-state index contributed by atoms with van der Waals surface area (Å²) in [4.78, 5) is 10.3. The highest BCUT2D eigenvalue weighted by atomic mass is 31.2. The van der Waals surface area contributed by atoms with E-state index in [2.05, 4.69) is 91.8 Å². The second-order valence-electron chi connectivity index (χ2n) is 10.0. The summed E-state index contributed by atoms with van der Waals surface area (Å²) in [6.45, 7) is 18.4. The molecule has 0 amide bonds. The van der Waals surface area contributed by atoms with Gasteiger partial charge < -0.3 is 0 Å². The molecule has 0 saturated carbocycles. The van der Waals surface area contributed by atoms with Crippen LogP contribution in [0.15, 0.2) is 36.4 Å². The lowest BCUT2D eigenvalue weighted by Gasteiger charge is -2.31. The van der Waals surface area contributed by atoms with Gasteiger partial charge in [-0.15, -0.1) is 0 Å². The Labute approximate surface area is 192 Å². The predicted molar refractivity (Wildman–Crippen MR) is 145 cm³/mol. The Morgan fingerprint density at radius 2 is 1.13 bits per heavy atom. The fourth-order valence-electron chi connectivity index (χ4n) is 4.42. The van der Waals surface area contributed by atoms with Gasteiger partial charge in [-0.3, -0.25) is 4.98 Å². The van der Waals surface area contributed by atoms with Crippen molar-refractivity contribution in [2.75, 3.05) is 0 Å². The minimum atomic E-state index is -1.60. The molecular formula is C26H38BN2P2+. The van der Waals surface area contributed by atoms with Crippen LogP contribution in [0.4, 0.5) is 0 Å². The molecule has 3 aromatic rings. The predicted octanol–water partition coefficient (Wildman–Crippen LogP) is 8.00. The maximum Gasteiger partial charge on any atom is 0.366 e. The van der Waals surface area contributed by atoms with Crippen molar-refractivity contribution in [3.05, 3.63) is 47.8 Å². The van der Waals surface area contributed by atoms with E-state index in [-0.39, 0.29) is 7.92 Å². The third-order valence-electron chi connectivity index (χ3n) is 6.66. The normalized spacial score (nSPS) is 13.1.